The zero-order chi connectivity index (χ0) is 13.0. The van der Waals surface area contributed by atoms with Gasteiger partial charge in [-0.25, -0.2) is 0 Å². The third-order valence-electron chi connectivity index (χ3n) is 4.22. The predicted octanol–water partition coefficient (Wildman–Crippen LogP) is 1.42. The van der Waals surface area contributed by atoms with Crippen molar-refractivity contribution in [2.24, 2.45) is 0 Å². The molecule has 2 atom stereocenters. The minimum absolute atomic E-state index is 0.0572. The number of nitrogens with one attached hydrogen (secondary N) is 1. The minimum atomic E-state index is 0.0572. The molecule has 0 aromatic carbocycles. The Labute approximate surface area is 111 Å². The molecular weight excluding hydrogens is 226 g/mol. The van der Waals surface area contributed by atoms with E-state index in [1.54, 1.807) is 0 Å². The van der Waals surface area contributed by atoms with E-state index in [9.17, 15) is 4.79 Å². The molecule has 2 fully saturated rings. The fourth-order valence-corrected chi connectivity index (χ4v) is 3.11. The van der Waals surface area contributed by atoms with Gasteiger partial charge in [0.15, 0.2) is 0 Å². The van der Waals surface area contributed by atoms with Gasteiger partial charge < -0.3 is 9.80 Å². The van der Waals surface area contributed by atoms with Gasteiger partial charge in [0.05, 0.1) is 12.2 Å². The maximum Gasteiger partial charge on any atom is 0.241 e. The van der Waals surface area contributed by atoms with Gasteiger partial charge in [0.2, 0.25) is 5.91 Å². The Hall–Kier alpha value is -0.610. The van der Waals surface area contributed by atoms with Crippen molar-refractivity contribution in [2.45, 2.75) is 58.2 Å². The van der Waals surface area contributed by atoms with Gasteiger partial charge in [-0.1, -0.05) is 13.8 Å². The van der Waals surface area contributed by atoms with Crippen LogP contribution >= 0.6 is 0 Å². The second-order valence-electron chi connectivity index (χ2n) is 5.49. The van der Waals surface area contributed by atoms with Crippen molar-refractivity contribution >= 4 is 5.91 Å². The standard InChI is InChI=1S/C14H27N3O/c1-3-12-14(18)17(13(4-2)15-12)11-7-10-16-8-5-6-9-16/h12-13,15H,3-11H2,1-2H3. The van der Waals surface area contributed by atoms with E-state index in [1.807, 2.05) is 0 Å². The van der Waals surface area contributed by atoms with Gasteiger partial charge in [0.25, 0.3) is 0 Å². The SMILES string of the molecule is CCC1NC(CC)N(CCCN2CCCC2)C1=O. The zero-order valence-corrected chi connectivity index (χ0v) is 11.8. The normalized spacial score (nSPS) is 29.4. The second-order valence-corrected chi connectivity index (χ2v) is 5.49. The number of carbonyl (C=O) groups is 1. The van der Waals surface area contributed by atoms with Crippen LogP contribution < -0.4 is 5.32 Å². The lowest BCUT2D eigenvalue weighted by molar-refractivity contribution is -0.130. The maximum absolute atomic E-state index is 12.2. The van der Waals surface area contributed by atoms with E-state index in [-0.39, 0.29) is 12.2 Å². The van der Waals surface area contributed by atoms with Crippen LogP contribution in [0, 0.1) is 0 Å². The summed E-state index contributed by atoms with van der Waals surface area (Å²) in [5.74, 6) is 0.311. The number of likely N-dealkylation sites (tertiary alicyclic amines) is 1. The molecule has 2 unspecified atom stereocenters. The summed E-state index contributed by atoms with van der Waals surface area (Å²) in [7, 11) is 0. The fourth-order valence-electron chi connectivity index (χ4n) is 3.11. The molecule has 4 heteroatoms. The average Bonchev–Trinajstić information content (AvgIpc) is 2.99. The van der Waals surface area contributed by atoms with E-state index in [2.05, 4.69) is 29.0 Å². The summed E-state index contributed by atoms with van der Waals surface area (Å²) < 4.78 is 0. The Morgan fingerprint density at radius 1 is 1.17 bits per heavy atom. The van der Waals surface area contributed by atoms with Gasteiger partial charge in [-0.2, -0.15) is 0 Å². The van der Waals surface area contributed by atoms with Crippen LogP contribution in [0.1, 0.15) is 46.0 Å². The summed E-state index contributed by atoms with van der Waals surface area (Å²) in [6.45, 7) is 8.79. The molecule has 2 aliphatic heterocycles. The lowest BCUT2D eigenvalue weighted by Crippen LogP contribution is -2.38. The van der Waals surface area contributed by atoms with Gasteiger partial charge in [-0.3, -0.25) is 10.1 Å². The van der Waals surface area contributed by atoms with Crippen molar-refractivity contribution in [1.29, 1.82) is 0 Å². The topological polar surface area (TPSA) is 35.6 Å². The van der Waals surface area contributed by atoms with E-state index < -0.39 is 0 Å². The Morgan fingerprint density at radius 2 is 1.89 bits per heavy atom. The van der Waals surface area contributed by atoms with Crippen LogP contribution in [-0.4, -0.2) is 54.1 Å². The first-order valence-electron chi connectivity index (χ1n) is 7.55. The van der Waals surface area contributed by atoms with Crippen LogP contribution in [0.5, 0.6) is 0 Å². The predicted molar refractivity (Wildman–Crippen MR) is 73.3 cm³/mol. The third kappa shape index (κ3) is 3.04. The highest BCUT2D eigenvalue weighted by atomic mass is 16.2. The smallest absolute Gasteiger partial charge is 0.241 e. The number of hydrogen-bond donors (Lipinski definition) is 1. The summed E-state index contributed by atoms with van der Waals surface area (Å²) in [5.41, 5.74) is 0. The molecule has 1 N–H and O–H groups in total. The van der Waals surface area contributed by atoms with Crippen molar-refractivity contribution in [3.8, 4) is 0 Å². The number of rotatable bonds is 6. The quantitative estimate of drug-likeness (QED) is 0.777. The number of hydrogen-bond acceptors (Lipinski definition) is 3. The van der Waals surface area contributed by atoms with Gasteiger partial charge in [0.1, 0.15) is 0 Å². The molecule has 4 nitrogen and oxygen atoms in total. The van der Waals surface area contributed by atoms with Crippen molar-refractivity contribution in [2.75, 3.05) is 26.2 Å². The van der Waals surface area contributed by atoms with Crippen LogP contribution in [0.15, 0.2) is 0 Å². The molecule has 2 heterocycles. The molecule has 2 rings (SSSR count). The Kier molecular flexibility index (Phi) is 5.01. The van der Waals surface area contributed by atoms with Crippen LogP contribution in [0.25, 0.3) is 0 Å². The van der Waals surface area contributed by atoms with E-state index >= 15 is 0 Å². The van der Waals surface area contributed by atoms with Crippen molar-refractivity contribution in [1.82, 2.24) is 15.1 Å². The van der Waals surface area contributed by atoms with Gasteiger partial charge in [0, 0.05) is 6.54 Å². The highest BCUT2D eigenvalue weighted by Gasteiger charge is 2.36. The molecular formula is C14H27N3O. The van der Waals surface area contributed by atoms with E-state index in [1.165, 1.54) is 25.9 Å². The molecule has 104 valence electrons. The number of nitrogens with zero attached hydrogens (tertiary/aromatic N) is 2. The molecule has 0 aliphatic carbocycles. The summed E-state index contributed by atoms with van der Waals surface area (Å²) in [5, 5.41) is 3.43. The molecule has 0 radical (unpaired) electrons. The zero-order valence-electron chi connectivity index (χ0n) is 11.8. The summed E-state index contributed by atoms with van der Waals surface area (Å²) >= 11 is 0. The van der Waals surface area contributed by atoms with Gasteiger partial charge in [-0.15, -0.1) is 0 Å². The summed E-state index contributed by atoms with van der Waals surface area (Å²) in [4.78, 5) is 16.8. The monoisotopic (exact) mass is 253 g/mol. The molecule has 0 saturated carbocycles. The largest absolute Gasteiger partial charge is 0.326 e. The van der Waals surface area contributed by atoms with Crippen LogP contribution in [-0.2, 0) is 4.79 Å². The van der Waals surface area contributed by atoms with Crippen LogP contribution in [0.3, 0.4) is 0 Å². The van der Waals surface area contributed by atoms with Crippen molar-refractivity contribution < 1.29 is 4.79 Å². The maximum atomic E-state index is 12.2. The molecule has 1 amide bonds. The van der Waals surface area contributed by atoms with Crippen LogP contribution in [0.4, 0.5) is 0 Å². The lowest BCUT2D eigenvalue weighted by Gasteiger charge is -2.24. The number of carbonyl (C=O) groups excluding carboxylic acids is 1. The molecule has 0 bridgehead atoms. The first-order valence-corrected chi connectivity index (χ1v) is 7.55. The minimum Gasteiger partial charge on any atom is -0.326 e. The van der Waals surface area contributed by atoms with E-state index in [0.29, 0.717) is 5.91 Å². The molecule has 0 aromatic rings. The first-order chi connectivity index (χ1) is 8.76. The fraction of sp³-hybridized carbons (Fsp3) is 0.929. The highest BCUT2D eigenvalue weighted by Crippen LogP contribution is 2.16. The van der Waals surface area contributed by atoms with E-state index in [4.69, 9.17) is 0 Å². The molecule has 0 aromatic heterocycles. The van der Waals surface area contributed by atoms with Crippen molar-refractivity contribution in [3.05, 3.63) is 0 Å². The average molecular weight is 253 g/mol. The van der Waals surface area contributed by atoms with Gasteiger partial charge in [-0.05, 0) is 51.7 Å². The Balaban J connectivity index is 1.77. The molecule has 2 aliphatic rings. The first kappa shape index (κ1) is 13.8. The van der Waals surface area contributed by atoms with E-state index in [0.717, 1.165) is 32.4 Å². The Morgan fingerprint density at radius 3 is 2.50 bits per heavy atom. The summed E-state index contributed by atoms with van der Waals surface area (Å²) in [6, 6.07) is 0.0572. The lowest BCUT2D eigenvalue weighted by atomic mass is 10.2. The highest BCUT2D eigenvalue weighted by molar-refractivity contribution is 5.84. The van der Waals surface area contributed by atoms with Crippen LogP contribution in [0.2, 0.25) is 0 Å². The van der Waals surface area contributed by atoms with Gasteiger partial charge >= 0.3 is 0 Å². The molecule has 18 heavy (non-hydrogen) atoms. The molecule has 2 saturated heterocycles. The Bertz CT molecular complexity index is 276. The third-order valence-corrected chi connectivity index (χ3v) is 4.22. The van der Waals surface area contributed by atoms with Crippen molar-refractivity contribution in [3.63, 3.8) is 0 Å². The molecule has 0 spiro atoms. The summed E-state index contributed by atoms with van der Waals surface area (Å²) in [6.07, 6.45) is 5.98. The number of amides is 1. The second kappa shape index (κ2) is 6.53.